The number of nitrogens with two attached hydrogens (primary N) is 1. The summed E-state index contributed by atoms with van der Waals surface area (Å²) in [5.74, 6) is -0.895. The molecule has 12 rings (SSSR count). The van der Waals surface area contributed by atoms with Crippen molar-refractivity contribution in [3.8, 4) is 22.5 Å². The van der Waals surface area contributed by atoms with Crippen molar-refractivity contribution in [3.05, 3.63) is 143 Å². The van der Waals surface area contributed by atoms with Gasteiger partial charge in [-0.05, 0) is 133 Å². The Balaban J connectivity index is 0.000000204. The summed E-state index contributed by atoms with van der Waals surface area (Å²) in [5.41, 5.74) is 14.4. The van der Waals surface area contributed by atoms with Gasteiger partial charge in [0.15, 0.2) is 11.6 Å². The number of pyridine rings is 2. The number of hydrogen-bond donors (Lipinski definition) is 4. The van der Waals surface area contributed by atoms with Crippen LogP contribution >= 0.6 is 25.9 Å². The number of ketones is 2. The molecular formula is C64H74ClF2N11O8S3. The molecule has 2 unspecified atom stereocenters. The van der Waals surface area contributed by atoms with Crippen molar-refractivity contribution >= 4 is 105 Å². The van der Waals surface area contributed by atoms with Gasteiger partial charge in [0, 0.05) is 123 Å². The van der Waals surface area contributed by atoms with Crippen LogP contribution in [-0.2, 0) is 93.4 Å². The van der Waals surface area contributed by atoms with E-state index in [9.17, 15) is 42.7 Å². The van der Waals surface area contributed by atoms with Gasteiger partial charge in [-0.2, -0.15) is 13.5 Å². The van der Waals surface area contributed by atoms with E-state index < -0.39 is 36.2 Å². The number of Topliss-reactive ketones (excluding diaryl/α,β-unsaturated/α-hetero) is 2. The quantitative estimate of drug-likeness (QED) is 0.0791. The number of benzene rings is 2. The molecule has 6 aromatic heterocycles. The van der Waals surface area contributed by atoms with E-state index in [2.05, 4.69) is 56.8 Å². The number of aliphatic carboxylic acids is 1. The number of carbonyl (C=O) groups excluding carboxylic acids is 4. The first-order valence-electron chi connectivity index (χ1n) is 29.5. The number of nitrogens with one attached hydrogen (secondary N) is 1. The Morgan fingerprint density at radius 2 is 1.16 bits per heavy atom. The second kappa shape index (κ2) is 31.7. The van der Waals surface area contributed by atoms with Gasteiger partial charge < -0.3 is 44.4 Å². The minimum atomic E-state index is -1.07. The maximum Gasteiger partial charge on any atom is 0.337 e. The monoisotopic (exact) mass is 1290 g/mol. The van der Waals surface area contributed by atoms with Crippen molar-refractivity contribution < 1.29 is 47.8 Å². The van der Waals surface area contributed by atoms with Crippen LogP contribution in [0.2, 0.25) is 0 Å². The normalized spacial score (nSPS) is 17.8. The van der Waals surface area contributed by atoms with Crippen molar-refractivity contribution in [3.63, 3.8) is 0 Å². The number of rotatable bonds is 14. The van der Waals surface area contributed by atoms with Gasteiger partial charge in [-0.1, -0.05) is 24.3 Å². The van der Waals surface area contributed by atoms with E-state index in [1.54, 1.807) is 22.9 Å². The van der Waals surface area contributed by atoms with Crippen LogP contribution < -0.4 is 11.1 Å². The lowest BCUT2D eigenvalue weighted by Gasteiger charge is -2.29. The standard InChI is InChI=1S/C32H35FN6O3.C18H17N3O4.C14H19FN2O.ClH.S2.H2S/c1-20-5-4-6-23(36-20)16-29(40)27-11-9-22(33)12-14-39(27)31(41)19-37-18-25(32(34)42)24-15-21(8-10-26(24)37)28-17-35-30-7-2-3-13-38(28)30;22-17(23)10-20-9-13(18(24)25)12-7-11(4-5-14(12)20)15-8-19-16-3-1-2-6-21(15)16;1-10-3-2-4-12(17-10)9-14(18)13-6-5-11(15)7-8-16-13;;1-2;/h4-6,8,10,15,17-18,22,27H,2-3,7,9,11-14,16,19H2,1H3,(H2,34,42);4-5,7-9H,1-3,6,10H2,(H,22,23)(H,24,25);2-4,11,13,16H,5-9H2,1H3;1H;;1H2/t22?,27-;;11?,13-;;;/m0.0.../s1. The van der Waals surface area contributed by atoms with Gasteiger partial charge in [0.25, 0.3) is 5.91 Å². The molecule has 4 atom stereocenters. The molecular weight excluding hydrogens is 1220 g/mol. The lowest BCUT2D eigenvalue weighted by Crippen LogP contribution is -2.46. The van der Waals surface area contributed by atoms with E-state index in [-0.39, 0.29) is 100 Å². The van der Waals surface area contributed by atoms with Crippen LogP contribution in [0.25, 0.3) is 44.3 Å². The van der Waals surface area contributed by atoms with Crippen LogP contribution in [0, 0.1) is 13.8 Å². The summed E-state index contributed by atoms with van der Waals surface area (Å²) in [7, 11) is 0. The Bertz CT molecular complexity index is 3850. The highest BCUT2D eigenvalue weighted by atomic mass is 35.5. The Hall–Kier alpha value is -7.64. The van der Waals surface area contributed by atoms with Crippen molar-refractivity contribution in [2.45, 2.75) is 154 Å². The van der Waals surface area contributed by atoms with Crippen LogP contribution in [-0.4, -0.2) is 126 Å². The minimum Gasteiger partial charge on any atom is -0.480 e. The molecule has 2 aromatic carbocycles. The number of carboxylic acids is 2. The largest absolute Gasteiger partial charge is 0.480 e. The van der Waals surface area contributed by atoms with Gasteiger partial charge in [0.2, 0.25) is 5.91 Å². The van der Waals surface area contributed by atoms with E-state index >= 15 is 0 Å². The Labute approximate surface area is 537 Å². The van der Waals surface area contributed by atoms with Crippen molar-refractivity contribution in [2.75, 3.05) is 13.1 Å². The topological polar surface area (TPSA) is 255 Å². The zero-order chi connectivity index (χ0) is 61.9. The summed E-state index contributed by atoms with van der Waals surface area (Å²) in [6.07, 6.45) is 13.8. The molecule has 89 heavy (non-hydrogen) atoms. The molecule has 4 aliphatic rings. The summed E-state index contributed by atoms with van der Waals surface area (Å²) in [6.45, 7) is 5.93. The van der Waals surface area contributed by atoms with Crippen LogP contribution in [0.4, 0.5) is 8.78 Å². The molecule has 472 valence electrons. The van der Waals surface area contributed by atoms with Gasteiger partial charge in [0.1, 0.15) is 37.1 Å². The molecule has 25 heteroatoms. The number of fused-ring (bicyclic) bond motifs is 4. The molecule has 0 radical (unpaired) electrons. The van der Waals surface area contributed by atoms with E-state index in [0.717, 1.165) is 103 Å². The van der Waals surface area contributed by atoms with Crippen LogP contribution in [0.5, 0.6) is 0 Å². The second-order valence-corrected chi connectivity index (χ2v) is 22.6. The fourth-order valence-electron chi connectivity index (χ4n) is 12.2. The first-order chi connectivity index (χ1) is 42.0. The molecule has 8 aromatic rings. The molecule has 5 N–H and O–H groups in total. The summed E-state index contributed by atoms with van der Waals surface area (Å²) in [4.78, 5) is 93.7. The fourth-order valence-corrected chi connectivity index (χ4v) is 12.2. The third-order valence-electron chi connectivity index (χ3n) is 16.5. The summed E-state index contributed by atoms with van der Waals surface area (Å²) in [6, 6.07) is 21.5. The smallest absolute Gasteiger partial charge is 0.337 e. The Kier molecular flexibility index (Phi) is 24.5. The van der Waals surface area contributed by atoms with Gasteiger partial charge in [-0.15, -0.1) is 12.4 Å². The first kappa shape index (κ1) is 68.8. The number of primary amides is 1. The number of likely N-dealkylation sites (tertiary alicyclic amines) is 1. The summed E-state index contributed by atoms with van der Waals surface area (Å²) >= 11 is 7.33. The van der Waals surface area contributed by atoms with Gasteiger partial charge in [-0.25, -0.2) is 23.5 Å². The Morgan fingerprint density at radius 1 is 0.640 bits per heavy atom. The Morgan fingerprint density at radius 3 is 1.70 bits per heavy atom. The first-order valence-corrected chi connectivity index (χ1v) is 30.8. The number of nitrogens with zero attached hydrogens (tertiary/aromatic N) is 9. The number of amides is 2. The van der Waals surface area contributed by atoms with Crippen LogP contribution in [0.1, 0.15) is 119 Å². The predicted octanol–water partition coefficient (Wildman–Crippen LogP) is 9.31. The number of alkyl halides is 2. The zero-order valence-electron chi connectivity index (χ0n) is 49.6. The molecule has 0 bridgehead atoms. The number of aromatic nitrogens is 8. The number of carbonyl (C=O) groups is 6. The third-order valence-corrected chi connectivity index (χ3v) is 16.5. The highest BCUT2D eigenvalue weighted by Gasteiger charge is 2.34. The van der Waals surface area contributed by atoms with E-state index in [1.807, 2.05) is 86.9 Å². The maximum absolute atomic E-state index is 14.5. The van der Waals surface area contributed by atoms with E-state index in [1.165, 1.54) is 15.7 Å². The van der Waals surface area contributed by atoms with E-state index in [4.69, 9.17) is 10.8 Å². The lowest BCUT2D eigenvalue weighted by atomic mass is 10.0. The second-order valence-electron chi connectivity index (χ2n) is 22.6. The van der Waals surface area contributed by atoms with Gasteiger partial charge >= 0.3 is 11.9 Å². The van der Waals surface area contributed by atoms with Gasteiger partial charge in [-0.3, -0.25) is 33.9 Å². The molecule has 2 fully saturated rings. The number of aryl methyl sites for hydroxylation is 4. The summed E-state index contributed by atoms with van der Waals surface area (Å²) < 4.78 is 35.2. The zero-order valence-corrected chi connectivity index (χ0v) is 53.1. The molecule has 0 aliphatic carbocycles. The number of hydrogen-bond acceptors (Lipinski definition) is 13. The van der Waals surface area contributed by atoms with Gasteiger partial charge in [0.05, 0.1) is 59.8 Å². The SMILES string of the molecule is Cc1cccc(CC(=O)[C@@H]2CCC(F)CCN2)n1.Cc1cccc(CC(=O)[C@@H]2CCC(F)CCN2C(=O)Cn2cc(C(N)=O)c3cc(-c4cnc5n4CCCC5)ccc32)n1.Cl.O=C(O)Cn1cc(C(=O)O)c2cc(-c3cnc4n3CCCC4)ccc21.S.S=S. The molecule has 19 nitrogen and oxygen atoms in total. The fraction of sp³-hybridized carbons (Fsp3) is 0.406. The average Bonchev–Trinajstić information content (AvgIpc) is 1.76. The number of halogens is 3. The summed E-state index contributed by atoms with van der Waals surface area (Å²) in [5, 5.41) is 22.8. The van der Waals surface area contributed by atoms with Crippen LogP contribution in [0.15, 0.2) is 97.6 Å². The van der Waals surface area contributed by atoms with Crippen LogP contribution in [0.3, 0.4) is 0 Å². The van der Waals surface area contributed by atoms with Crippen molar-refractivity contribution in [1.82, 2.24) is 48.4 Å². The molecule has 0 spiro atoms. The average molecular weight is 1300 g/mol. The maximum atomic E-state index is 14.5. The van der Waals surface area contributed by atoms with Crippen molar-refractivity contribution in [1.29, 1.82) is 0 Å². The molecule has 10 heterocycles. The highest BCUT2D eigenvalue weighted by molar-refractivity contribution is 8.07. The lowest BCUT2D eigenvalue weighted by molar-refractivity contribution is -0.139. The number of imidazole rings is 2. The highest BCUT2D eigenvalue weighted by Crippen LogP contribution is 2.33. The molecule has 2 saturated heterocycles. The minimum absolute atomic E-state index is 0. The molecule has 4 aliphatic heterocycles. The van der Waals surface area contributed by atoms with Crippen molar-refractivity contribution in [2.24, 2.45) is 5.73 Å². The predicted molar refractivity (Wildman–Crippen MR) is 348 cm³/mol. The third kappa shape index (κ3) is 16.8. The number of aromatic carboxylic acids is 1. The molecule has 2 amide bonds. The molecule has 0 saturated carbocycles. The van der Waals surface area contributed by atoms with E-state index in [0.29, 0.717) is 65.3 Å². The number of carboxylic acid groups (broad SMARTS) is 2.